The molecule has 0 radical (unpaired) electrons. The number of rotatable bonds is 12. The van der Waals surface area contributed by atoms with Crippen LogP contribution in [0.15, 0.2) is 0 Å². The molecule has 0 aromatic carbocycles. The van der Waals surface area contributed by atoms with Crippen molar-refractivity contribution in [2.24, 2.45) is 0 Å². The van der Waals surface area contributed by atoms with Gasteiger partial charge < -0.3 is 36.4 Å². The van der Waals surface area contributed by atoms with Gasteiger partial charge in [0.05, 0.1) is 13.0 Å². The third kappa shape index (κ3) is 9.74. The van der Waals surface area contributed by atoms with Crippen molar-refractivity contribution in [3.05, 3.63) is 0 Å². The van der Waals surface area contributed by atoms with Gasteiger partial charge in [0.25, 0.3) is 0 Å². The van der Waals surface area contributed by atoms with Gasteiger partial charge in [-0.2, -0.15) is 0 Å². The highest BCUT2D eigenvalue weighted by Crippen LogP contribution is 2.00. The lowest BCUT2D eigenvalue weighted by molar-refractivity contribution is -0.144. The average Bonchev–Trinajstić information content (AvgIpc) is 2.53. The summed E-state index contributed by atoms with van der Waals surface area (Å²) in [5.74, 6) is -7.13. The Morgan fingerprint density at radius 1 is 0.778 bits per heavy atom. The van der Waals surface area contributed by atoms with E-state index >= 15 is 0 Å². The summed E-state index contributed by atoms with van der Waals surface area (Å²) >= 11 is 0. The second kappa shape index (κ2) is 11.4. The van der Waals surface area contributed by atoms with Gasteiger partial charge in [0.15, 0.2) is 0 Å². The second-order valence-electron chi connectivity index (χ2n) is 5.43. The molecule has 0 fully saturated rings. The van der Waals surface area contributed by atoms with E-state index in [4.69, 9.17) is 15.3 Å². The fraction of sp³-hybridized carbons (Fsp3) is 0.571. The number of aliphatic hydroxyl groups excluding tert-OH is 1. The van der Waals surface area contributed by atoms with Crippen LogP contribution in [0.1, 0.15) is 26.2 Å². The zero-order chi connectivity index (χ0) is 21.1. The van der Waals surface area contributed by atoms with E-state index in [0.717, 1.165) is 6.92 Å². The van der Waals surface area contributed by atoms with E-state index in [-0.39, 0.29) is 0 Å². The highest BCUT2D eigenvalue weighted by Gasteiger charge is 2.30. The van der Waals surface area contributed by atoms with Crippen LogP contribution >= 0.6 is 0 Å². The molecule has 0 unspecified atom stereocenters. The van der Waals surface area contributed by atoms with E-state index in [2.05, 4.69) is 5.32 Å². The molecule has 27 heavy (non-hydrogen) atoms. The smallest absolute Gasteiger partial charge is 0.326 e. The number of amides is 3. The van der Waals surface area contributed by atoms with Crippen LogP contribution < -0.4 is 16.0 Å². The number of aliphatic carboxylic acids is 3. The SMILES string of the molecule is CC(=O)N[C@H](CC(=O)O)C(=O)N[C@H](CO)C(=O)N[C@H](CCC(=O)O)C(=O)O. The normalized spacial score (nSPS) is 13.6. The number of nitrogens with one attached hydrogen (secondary N) is 3. The Kier molecular flexibility index (Phi) is 10.0. The van der Waals surface area contributed by atoms with Crippen LogP contribution in [-0.4, -0.2) is 80.8 Å². The first kappa shape index (κ1) is 23.8. The third-order valence-electron chi connectivity index (χ3n) is 3.15. The number of hydrogen-bond acceptors (Lipinski definition) is 7. The molecular weight excluding hydrogens is 370 g/mol. The predicted octanol–water partition coefficient (Wildman–Crippen LogP) is -3.12. The summed E-state index contributed by atoms with van der Waals surface area (Å²) in [7, 11) is 0. The van der Waals surface area contributed by atoms with Crippen LogP contribution in [0.25, 0.3) is 0 Å². The molecule has 152 valence electrons. The van der Waals surface area contributed by atoms with Gasteiger partial charge in [-0.05, 0) is 6.42 Å². The summed E-state index contributed by atoms with van der Waals surface area (Å²) in [5, 5.41) is 41.6. The zero-order valence-corrected chi connectivity index (χ0v) is 14.3. The lowest BCUT2D eigenvalue weighted by Crippen LogP contribution is -2.57. The van der Waals surface area contributed by atoms with Gasteiger partial charge in [0.1, 0.15) is 18.1 Å². The standard InChI is InChI=1S/C14H21N3O10/c1-6(19)15-8(4-11(22)23)12(24)17-9(5-18)13(25)16-7(14(26)27)2-3-10(20)21/h7-9,18H,2-5H2,1H3,(H,15,19)(H,16,25)(H,17,24)(H,20,21)(H,22,23)(H,26,27)/t7-,8-,9-/m1/s1. The number of aliphatic hydroxyl groups is 1. The first-order valence-electron chi connectivity index (χ1n) is 7.63. The van der Waals surface area contributed by atoms with E-state index in [1.165, 1.54) is 0 Å². The molecule has 0 saturated carbocycles. The summed E-state index contributed by atoms with van der Waals surface area (Å²) in [6.07, 6.45) is -1.77. The quantitative estimate of drug-likeness (QED) is 0.177. The molecule has 0 rings (SSSR count). The number of carboxylic acids is 3. The highest BCUT2D eigenvalue weighted by atomic mass is 16.4. The molecule has 0 aromatic rings. The van der Waals surface area contributed by atoms with E-state index < -0.39 is 79.6 Å². The lowest BCUT2D eigenvalue weighted by Gasteiger charge is -2.22. The van der Waals surface area contributed by atoms with E-state index in [0.29, 0.717) is 0 Å². The zero-order valence-electron chi connectivity index (χ0n) is 14.3. The monoisotopic (exact) mass is 391 g/mol. The summed E-state index contributed by atoms with van der Waals surface area (Å²) in [6.45, 7) is 0.0843. The lowest BCUT2D eigenvalue weighted by atomic mass is 10.1. The van der Waals surface area contributed by atoms with Crippen molar-refractivity contribution in [1.29, 1.82) is 0 Å². The maximum absolute atomic E-state index is 12.0. The van der Waals surface area contributed by atoms with Crippen LogP contribution in [0.3, 0.4) is 0 Å². The predicted molar refractivity (Wildman–Crippen MR) is 85.3 cm³/mol. The van der Waals surface area contributed by atoms with Gasteiger partial charge >= 0.3 is 17.9 Å². The molecule has 0 heterocycles. The Hall–Kier alpha value is -3.22. The fourth-order valence-electron chi connectivity index (χ4n) is 1.89. The van der Waals surface area contributed by atoms with Crippen molar-refractivity contribution in [2.45, 2.75) is 44.3 Å². The Morgan fingerprint density at radius 3 is 1.70 bits per heavy atom. The van der Waals surface area contributed by atoms with Crippen LogP contribution in [0.2, 0.25) is 0 Å². The third-order valence-corrected chi connectivity index (χ3v) is 3.15. The van der Waals surface area contributed by atoms with Crippen molar-refractivity contribution >= 4 is 35.6 Å². The molecule has 13 nitrogen and oxygen atoms in total. The average molecular weight is 391 g/mol. The largest absolute Gasteiger partial charge is 0.481 e. The minimum Gasteiger partial charge on any atom is -0.481 e. The molecule has 0 aliphatic rings. The van der Waals surface area contributed by atoms with Crippen molar-refractivity contribution in [3.63, 3.8) is 0 Å². The Bertz CT molecular complexity index is 590. The molecular formula is C14H21N3O10. The van der Waals surface area contributed by atoms with Crippen LogP contribution in [0.5, 0.6) is 0 Å². The van der Waals surface area contributed by atoms with Gasteiger partial charge in [0.2, 0.25) is 17.7 Å². The van der Waals surface area contributed by atoms with Gasteiger partial charge in [-0.15, -0.1) is 0 Å². The summed E-state index contributed by atoms with van der Waals surface area (Å²) in [6, 6.07) is -4.75. The molecule has 0 bridgehead atoms. The molecule has 7 N–H and O–H groups in total. The van der Waals surface area contributed by atoms with E-state index in [9.17, 15) is 33.9 Å². The van der Waals surface area contributed by atoms with Crippen molar-refractivity contribution in [3.8, 4) is 0 Å². The van der Waals surface area contributed by atoms with E-state index in [1.807, 2.05) is 10.6 Å². The van der Waals surface area contributed by atoms with Crippen molar-refractivity contribution in [1.82, 2.24) is 16.0 Å². The second-order valence-corrected chi connectivity index (χ2v) is 5.43. The van der Waals surface area contributed by atoms with Gasteiger partial charge in [-0.25, -0.2) is 4.79 Å². The van der Waals surface area contributed by atoms with Gasteiger partial charge in [-0.3, -0.25) is 24.0 Å². The molecule has 3 amide bonds. The highest BCUT2D eigenvalue weighted by molar-refractivity contribution is 5.94. The van der Waals surface area contributed by atoms with Gasteiger partial charge in [0, 0.05) is 13.3 Å². The Morgan fingerprint density at radius 2 is 1.30 bits per heavy atom. The summed E-state index contributed by atoms with van der Waals surface area (Å²) in [4.78, 5) is 67.5. The fourth-order valence-corrected chi connectivity index (χ4v) is 1.89. The molecule has 0 aliphatic heterocycles. The number of carboxylic acid groups (broad SMARTS) is 3. The molecule has 0 aromatic heterocycles. The molecule has 3 atom stereocenters. The topological polar surface area (TPSA) is 219 Å². The first-order valence-corrected chi connectivity index (χ1v) is 7.63. The summed E-state index contributed by atoms with van der Waals surface area (Å²) < 4.78 is 0. The Balaban J connectivity index is 5.04. The van der Waals surface area contributed by atoms with Crippen molar-refractivity contribution in [2.75, 3.05) is 6.61 Å². The minimum absolute atomic E-state index is 0.434. The number of carbonyl (C=O) groups excluding carboxylic acids is 3. The number of hydrogen-bond donors (Lipinski definition) is 7. The van der Waals surface area contributed by atoms with Crippen LogP contribution in [0, 0.1) is 0 Å². The maximum Gasteiger partial charge on any atom is 0.326 e. The summed E-state index contributed by atoms with van der Waals surface area (Å²) in [5.41, 5.74) is 0. The Labute approximate surface area is 152 Å². The first-order chi connectivity index (χ1) is 12.5. The minimum atomic E-state index is -1.64. The molecule has 0 saturated heterocycles. The van der Waals surface area contributed by atoms with Crippen molar-refractivity contribution < 1.29 is 49.2 Å². The number of carbonyl (C=O) groups is 6. The van der Waals surface area contributed by atoms with Crippen LogP contribution in [-0.2, 0) is 28.8 Å². The van der Waals surface area contributed by atoms with Gasteiger partial charge in [-0.1, -0.05) is 0 Å². The molecule has 0 spiro atoms. The van der Waals surface area contributed by atoms with Crippen LogP contribution in [0.4, 0.5) is 0 Å². The van der Waals surface area contributed by atoms with E-state index in [1.54, 1.807) is 0 Å². The maximum atomic E-state index is 12.0. The molecule has 0 aliphatic carbocycles. The molecule has 13 heteroatoms.